The maximum Gasteiger partial charge on any atom is 0.339 e. The molecule has 0 bridgehead atoms. The van der Waals surface area contributed by atoms with Crippen molar-refractivity contribution in [3.05, 3.63) is 46.5 Å². The van der Waals surface area contributed by atoms with Crippen LogP contribution < -0.4 is 0 Å². The molecule has 1 aromatic rings. The average Bonchev–Trinajstić information content (AvgIpc) is 3.45. The molecule has 4 aliphatic carbocycles. The van der Waals surface area contributed by atoms with E-state index < -0.39 is 6.10 Å². The van der Waals surface area contributed by atoms with E-state index in [0.29, 0.717) is 11.0 Å². The molecule has 42 heavy (non-hydrogen) atoms. The monoisotopic (exact) mass is 574 g/mol. The van der Waals surface area contributed by atoms with Gasteiger partial charge in [0, 0.05) is 12.0 Å². The topological polar surface area (TPSA) is 52.6 Å². The van der Waals surface area contributed by atoms with Crippen molar-refractivity contribution in [2.24, 2.45) is 46.3 Å². The summed E-state index contributed by atoms with van der Waals surface area (Å²) < 4.78 is 11.6. The molecule has 1 heterocycles. The molecule has 4 nitrogen and oxygen atoms in total. The Morgan fingerprint density at radius 2 is 1.86 bits per heavy atom. The average molecular weight is 575 g/mol. The molecule has 0 amide bonds. The van der Waals surface area contributed by atoms with E-state index in [0.717, 1.165) is 65.9 Å². The van der Waals surface area contributed by atoms with Gasteiger partial charge < -0.3 is 9.47 Å². The summed E-state index contributed by atoms with van der Waals surface area (Å²) in [5.74, 6) is 4.40. The Morgan fingerprint density at radius 1 is 1.05 bits per heavy atom. The lowest BCUT2D eigenvalue weighted by Gasteiger charge is -2.58. The summed E-state index contributed by atoms with van der Waals surface area (Å²) >= 11 is 0. The number of fused-ring (bicyclic) bond motifs is 6. The van der Waals surface area contributed by atoms with Gasteiger partial charge in [-0.05, 0) is 104 Å². The van der Waals surface area contributed by atoms with Crippen LogP contribution in [0.5, 0.6) is 0 Å². The third kappa shape index (κ3) is 5.17. The first-order valence-electron chi connectivity index (χ1n) is 17.2. The summed E-state index contributed by atoms with van der Waals surface area (Å²) in [7, 11) is 0. The van der Waals surface area contributed by atoms with Crippen LogP contribution in [0.1, 0.15) is 139 Å². The summed E-state index contributed by atoms with van der Waals surface area (Å²) in [6, 6.07) is 5.73. The van der Waals surface area contributed by atoms with Gasteiger partial charge in [-0.25, -0.2) is 4.79 Å². The molecule has 0 saturated heterocycles. The number of allylic oxidation sites excluding steroid dienone is 1. The first-order valence-corrected chi connectivity index (χ1v) is 17.2. The lowest BCUT2D eigenvalue weighted by molar-refractivity contribution is -0.153. The molecule has 3 saturated carbocycles. The minimum atomic E-state index is -0.534. The molecule has 9 atom stereocenters. The van der Waals surface area contributed by atoms with Crippen LogP contribution in [0.4, 0.5) is 0 Å². The zero-order chi connectivity index (χ0) is 29.8. The van der Waals surface area contributed by atoms with Crippen LogP contribution in [-0.4, -0.2) is 18.0 Å². The molecule has 1 aromatic carbocycles. The van der Waals surface area contributed by atoms with Gasteiger partial charge >= 0.3 is 11.9 Å². The molecule has 3 fully saturated rings. The van der Waals surface area contributed by atoms with E-state index >= 15 is 0 Å². The highest BCUT2D eigenvalue weighted by Crippen LogP contribution is 2.67. The summed E-state index contributed by atoms with van der Waals surface area (Å²) in [6.07, 6.45) is 15.9. The van der Waals surface area contributed by atoms with Crippen molar-refractivity contribution >= 4 is 11.9 Å². The number of benzene rings is 1. The van der Waals surface area contributed by atoms with Crippen molar-refractivity contribution in [3.63, 3.8) is 0 Å². The van der Waals surface area contributed by atoms with E-state index in [1.807, 2.05) is 25.1 Å². The van der Waals surface area contributed by atoms with E-state index in [-0.39, 0.29) is 29.9 Å². The smallest absolute Gasteiger partial charge is 0.339 e. The van der Waals surface area contributed by atoms with Crippen LogP contribution in [-0.2, 0) is 14.3 Å². The Balaban J connectivity index is 1.08. The molecule has 1 aliphatic heterocycles. The minimum Gasteiger partial charge on any atom is -0.462 e. The third-order valence-electron chi connectivity index (χ3n) is 13.0. The van der Waals surface area contributed by atoms with E-state index in [9.17, 15) is 9.59 Å². The second kappa shape index (κ2) is 11.4. The standard InChI is InChI=1S/C38H54O4/c1-23(2)9-7-10-24(3)30-15-16-31-28-14-13-26-21-27(17-19-37(26,5)32(28)18-20-38(30,31)6)41-34(39)22-33-29-12-8-11-25(4)35(29)36(40)42-33/h8,11-13,23-24,27-28,30-33H,7,9-10,14-22H2,1-6H3/t24-,27+,28+,30-,31+,32+,33+,37+,38-/m1/s1. The van der Waals surface area contributed by atoms with Gasteiger partial charge in [-0.3, -0.25) is 4.79 Å². The second-order valence-electron chi connectivity index (χ2n) is 15.8. The van der Waals surface area contributed by atoms with Gasteiger partial charge in [0.1, 0.15) is 12.2 Å². The van der Waals surface area contributed by atoms with Gasteiger partial charge in [0.25, 0.3) is 0 Å². The maximum absolute atomic E-state index is 13.0. The van der Waals surface area contributed by atoms with Crippen molar-refractivity contribution in [1.82, 2.24) is 0 Å². The predicted molar refractivity (Wildman–Crippen MR) is 167 cm³/mol. The quantitative estimate of drug-likeness (QED) is 0.229. The van der Waals surface area contributed by atoms with Crippen molar-refractivity contribution in [2.45, 2.75) is 131 Å². The normalized spacial score (nSPS) is 37.7. The van der Waals surface area contributed by atoms with Crippen molar-refractivity contribution in [1.29, 1.82) is 0 Å². The highest BCUT2D eigenvalue weighted by molar-refractivity contribution is 5.96. The number of carbonyl (C=O) groups is 2. The Hall–Kier alpha value is -2.10. The number of aryl methyl sites for hydroxylation is 1. The highest BCUT2D eigenvalue weighted by atomic mass is 16.6. The lowest BCUT2D eigenvalue weighted by atomic mass is 9.47. The Bertz CT molecular complexity index is 1230. The fourth-order valence-corrected chi connectivity index (χ4v) is 10.8. The second-order valence-corrected chi connectivity index (χ2v) is 15.8. The number of ether oxygens (including phenoxy) is 2. The van der Waals surface area contributed by atoms with Crippen LogP contribution >= 0.6 is 0 Å². The molecule has 230 valence electrons. The largest absolute Gasteiger partial charge is 0.462 e. The fraction of sp³-hybridized carbons (Fsp3) is 0.737. The predicted octanol–water partition coefficient (Wildman–Crippen LogP) is 9.55. The molecule has 6 rings (SSSR count). The minimum absolute atomic E-state index is 0.0705. The molecule has 0 aromatic heterocycles. The third-order valence-corrected chi connectivity index (χ3v) is 13.0. The first kappa shape index (κ1) is 29.9. The summed E-state index contributed by atoms with van der Waals surface area (Å²) in [4.78, 5) is 25.4. The van der Waals surface area contributed by atoms with E-state index in [1.165, 1.54) is 51.4 Å². The maximum atomic E-state index is 13.0. The van der Waals surface area contributed by atoms with Crippen LogP contribution in [0.15, 0.2) is 29.8 Å². The SMILES string of the molecule is Cc1cccc2c1C(=O)O[C@H]2CC(=O)O[C@H]1CC[C@@]2(C)C(=CC[C@H]3[C@@H]4CC[C@H]([C@H](C)CCCC(C)C)[C@@]4(C)CC[C@@H]32)C1. The van der Waals surface area contributed by atoms with Gasteiger partial charge in [0.05, 0.1) is 12.0 Å². The Kier molecular flexibility index (Phi) is 8.15. The molecule has 0 spiro atoms. The number of carbonyl (C=O) groups excluding carboxylic acids is 2. The first-order chi connectivity index (χ1) is 20.0. The number of cyclic esters (lactones) is 1. The van der Waals surface area contributed by atoms with Gasteiger partial charge in [-0.2, -0.15) is 0 Å². The van der Waals surface area contributed by atoms with Crippen LogP contribution in [0.2, 0.25) is 0 Å². The molecule has 0 radical (unpaired) electrons. The molecular weight excluding hydrogens is 520 g/mol. The van der Waals surface area contributed by atoms with Crippen molar-refractivity contribution in [3.8, 4) is 0 Å². The molecule has 0 unspecified atom stereocenters. The number of esters is 2. The van der Waals surface area contributed by atoms with Crippen molar-refractivity contribution in [2.75, 3.05) is 0 Å². The molecular formula is C38H54O4. The van der Waals surface area contributed by atoms with E-state index in [1.54, 1.807) is 5.57 Å². The molecule has 4 heteroatoms. The number of hydrogen-bond acceptors (Lipinski definition) is 4. The number of rotatable bonds is 8. The van der Waals surface area contributed by atoms with E-state index in [4.69, 9.17) is 9.47 Å². The Morgan fingerprint density at radius 3 is 2.64 bits per heavy atom. The Labute approximate surface area is 254 Å². The zero-order valence-electron chi connectivity index (χ0n) is 27.0. The summed E-state index contributed by atoms with van der Waals surface area (Å²) in [6.45, 7) is 14.4. The van der Waals surface area contributed by atoms with Gasteiger partial charge in [0.2, 0.25) is 0 Å². The summed E-state index contributed by atoms with van der Waals surface area (Å²) in [5, 5.41) is 0. The summed E-state index contributed by atoms with van der Waals surface area (Å²) in [5.41, 5.74) is 4.62. The van der Waals surface area contributed by atoms with E-state index in [2.05, 4.69) is 40.7 Å². The van der Waals surface area contributed by atoms with Crippen LogP contribution in [0.25, 0.3) is 0 Å². The number of hydrogen-bond donors (Lipinski definition) is 0. The zero-order valence-corrected chi connectivity index (χ0v) is 27.0. The van der Waals surface area contributed by atoms with Gasteiger partial charge in [0.15, 0.2) is 0 Å². The van der Waals surface area contributed by atoms with Gasteiger partial charge in [-0.1, -0.05) is 83.7 Å². The molecule has 0 N–H and O–H groups in total. The lowest BCUT2D eigenvalue weighted by Crippen LogP contribution is -2.51. The van der Waals surface area contributed by atoms with Crippen LogP contribution in [0.3, 0.4) is 0 Å². The van der Waals surface area contributed by atoms with Gasteiger partial charge in [-0.15, -0.1) is 0 Å². The van der Waals surface area contributed by atoms with Crippen molar-refractivity contribution < 1.29 is 19.1 Å². The van der Waals surface area contributed by atoms with Crippen LogP contribution in [0, 0.1) is 53.3 Å². The highest BCUT2D eigenvalue weighted by Gasteiger charge is 2.59. The fourth-order valence-electron chi connectivity index (χ4n) is 10.8. The molecule has 5 aliphatic rings.